The van der Waals surface area contributed by atoms with E-state index in [-0.39, 0.29) is 22.8 Å². The minimum absolute atomic E-state index is 0.125. The Morgan fingerprint density at radius 1 is 1.06 bits per heavy atom. The highest BCUT2D eigenvalue weighted by atomic mass is 35.5. The fourth-order valence-electron chi connectivity index (χ4n) is 3.23. The Balaban J connectivity index is 1.53. The van der Waals surface area contributed by atoms with E-state index in [0.717, 1.165) is 22.2 Å². The van der Waals surface area contributed by atoms with Gasteiger partial charge in [0.15, 0.2) is 5.78 Å². The first-order valence-electron chi connectivity index (χ1n) is 9.71. The molecule has 0 radical (unpaired) electrons. The highest BCUT2D eigenvalue weighted by Crippen LogP contribution is 2.34. The van der Waals surface area contributed by atoms with Crippen LogP contribution in [0.15, 0.2) is 63.9 Å². The van der Waals surface area contributed by atoms with E-state index < -0.39 is 17.1 Å². The van der Waals surface area contributed by atoms with Gasteiger partial charge >= 0.3 is 5.97 Å². The molecular formula is C24H16ClNO6S. The van der Waals surface area contributed by atoms with Gasteiger partial charge in [-0.05, 0) is 72.8 Å². The summed E-state index contributed by atoms with van der Waals surface area (Å²) in [5.74, 6) is -1.28. The summed E-state index contributed by atoms with van der Waals surface area (Å²) in [5, 5.41) is 9.15. The van der Waals surface area contributed by atoms with Crippen molar-refractivity contribution in [2.75, 3.05) is 6.54 Å². The van der Waals surface area contributed by atoms with Crippen LogP contribution in [0.5, 0.6) is 0 Å². The SMILES string of the molecule is Cc1ccc(C(=O)O)cc1-c1ccc(/C=C2\SC(=O)N(CC(=O)c3ccc(Cl)cc3)C2=O)o1. The van der Waals surface area contributed by atoms with Crippen LogP contribution in [0.2, 0.25) is 5.02 Å². The molecule has 1 aromatic heterocycles. The number of amides is 2. The Labute approximate surface area is 197 Å². The summed E-state index contributed by atoms with van der Waals surface area (Å²) in [6.07, 6.45) is 1.43. The lowest BCUT2D eigenvalue weighted by Crippen LogP contribution is -2.33. The van der Waals surface area contributed by atoms with Crippen LogP contribution in [0.25, 0.3) is 17.4 Å². The lowest BCUT2D eigenvalue weighted by Gasteiger charge is -2.11. The van der Waals surface area contributed by atoms with Gasteiger partial charge in [-0.2, -0.15) is 0 Å². The first kappa shape index (κ1) is 22.6. The smallest absolute Gasteiger partial charge is 0.335 e. The van der Waals surface area contributed by atoms with E-state index in [4.69, 9.17) is 16.0 Å². The number of furan rings is 1. The number of rotatable bonds is 6. The molecule has 0 bridgehead atoms. The van der Waals surface area contributed by atoms with Gasteiger partial charge in [0.25, 0.3) is 11.1 Å². The van der Waals surface area contributed by atoms with E-state index in [1.165, 1.54) is 30.3 Å². The van der Waals surface area contributed by atoms with Crippen molar-refractivity contribution in [2.45, 2.75) is 6.92 Å². The fourth-order valence-corrected chi connectivity index (χ4v) is 4.18. The summed E-state index contributed by atoms with van der Waals surface area (Å²) in [7, 11) is 0. The number of aryl methyl sites for hydroxylation is 1. The van der Waals surface area contributed by atoms with Gasteiger partial charge in [-0.1, -0.05) is 17.7 Å². The standard InChI is InChI=1S/C24H16ClNO6S/c1-13-2-3-15(23(29)30)10-18(13)20-9-8-17(32-20)11-21-22(28)26(24(31)33-21)12-19(27)14-4-6-16(25)7-5-14/h2-11H,12H2,1H3,(H,29,30)/b21-11-. The molecule has 33 heavy (non-hydrogen) atoms. The highest BCUT2D eigenvalue weighted by molar-refractivity contribution is 8.18. The van der Waals surface area contributed by atoms with Crippen molar-refractivity contribution in [2.24, 2.45) is 0 Å². The van der Waals surface area contributed by atoms with Crippen LogP contribution >= 0.6 is 23.4 Å². The van der Waals surface area contributed by atoms with Gasteiger partial charge in [-0.15, -0.1) is 0 Å². The highest BCUT2D eigenvalue weighted by Gasteiger charge is 2.36. The summed E-state index contributed by atoms with van der Waals surface area (Å²) >= 11 is 6.54. The van der Waals surface area contributed by atoms with Crippen molar-refractivity contribution >= 4 is 52.3 Å². The maximum atomic E-state index is 12.7. The summed E-state index contributed by atoms with van der Waals surface area (Å²) in [4.78, 5) is 49.8. The third-order valence-corrected chi connectivity index (χ3v) is 6.15. The normalized spacial score (nSPS) is 14.8. The zero-order valence-corrected chi connectivity index (χ0v) is 18.8. The molecule has 1 N–H and O–H groups in total. The number of hydrogen-bond acceptors (Lipinski definition) is 6. The van der Waals surface area contributed by atoms with Crippen molar-refractivity contribution in [1.82, 2.24) is 4.90 Å². The third kappa shape index (κ3) is 4.76. The Kier molecular flexibility index (Phi) is 6.22. The average molecular weight is 482 g/mol. The summed E-state index contributed by atoms with van der Waals surface area (Å²) in [5.41, 5.74) is 1.90. The lowest BCUT2D eigenvalue weighted by molar-refractivity contribution is -0.122. The largest absolute Gasteiger partial charge is 0.478 e. The number of nitrogens with zero attached hydrogens (tertiary/aromatic N) is 1. The van der Waals surface area contributed by atoms with E-state index in [1.807, 2.05) is 6.92 Å². The Bertz CT molecular complexity index is 1320. The maximum absolute atomic E-state index is 12.7. The van der Waals surface area contributed by atoms with Gasteiger partial charge in [0.05, 0.1) is 17.0 Å². The van der Waals surface area contributed by atoms with Crippen LogP contribution < -0.4 is 0 Å². The lowest BCUT2D eigenvalue weighted by atomic mass is 10.0. The molecule has 7 nitrogen and oxygen atoms in total. The number of carbonyl (C=O) groups is 4. The zero-order chi connectivity index (χ0) is 23.7. The average Bonchev–Trinajstić information content (AvgIpc) is 3.34. The molecule has 0 atom stereocenters. The summed E-state index contributed by atoms with van der Waals surface area (Å²) in [6, 6.07) is 14.2. The number of carboxylic acids is 1. The molecule has 1 saturated heterocycles. The van der Waals surface area contributed by atoms with Crippen molar-refractivity contribution in [1.29, 1.82) is 0 Å². The van der Waals surface area contributed by atoms with Crippen LogP contribution in [0, 0.1) is 6.92 Å². The summed E-state index contributed by atoms with van der Waals surface area (Å²) in [6.45, 7) is 1.44. The molecule has 0 unspecified atom stereocenters. The molecule has 1 aliphatic heterocycles. The second kappa shape index (κ2) is 9.09. The minimum atomic E-state index is -1.05. The molecule has 0 aliphatic carbocycles. The molecule has 1 aliphatic rings. The van der Waals surface area contributed by atoms with Crippen molar-refractivity contribution < 1.29 is 28.7 Å². The van der Waals surface area contributed by atoms with Gasteiger partial charge < -0.3 is 9.52 Å². The number of thioether (sulfide) groups is 1. The Morgan fingerprint density at radius 3 is 2.45 bits per heavy atom. The number of hydrogen-bond donors (Lipinski definition) is 1. The molecule has 0 spiro atoms. The molecule has 2 amide bonds. The molecule has 1 fully saturated rings. The molecule has 166 valence electrons. The number of ketones is 1. The number of benzene rings is 2. The Hall–Kier alpha value is -3.62. The van der Waals surface area contributed by atoms with Gasteiger partial charge in [0.2, 0.25) is 0 Å². The summed E-state index contributed by atoms with van der Waals surface area (Å²) < 4.78 is 5.78. The van der Waals surface area contributed by atoms with E-state index in [1.54, 1.807) is 30.3 Å². The van der Waals surface area contributed by atoms with Crippen LogP contribution in [0.3, 0.4) is 0 Å². The van der Waals surface area contributed by atoms with Gasteiger partial charge in [0, 0.05) is 22.2 Å². The predicted molar refractivity (Wildman–Crippen MR) is 124 cm³/mol. The van der Waals surface area contributed by atoms with E-state index in [0.29, 0.717) is 27.7 Å². The first-order chi connectivity index (χ1) is 15.7. The quantitative estimate of drug-likeness (QED) is 0.364. The topological polar surface area (TPSA) is 105 Å². The number of carboxylic acid groups (broad SMARTS) is 1. The van der Waals surface area contributed by atoms with Crippen LogP contribution in [-0.2, 0) is 4.79 Å². The van der Waals surface area contributed by atoms with Crippen LogP contribution in [0.1, 0.15) is 32.0 Å². The molecule has 9 heteroatoms. The molecule has 2 heterocycles. The number of carbonyl (C=O) groups excluding carboxylic acids is 3. The molecule has 0 saturated carbocycles. The third-order valence-electron chi connectivity index (χ3n) is 4.99. The maximum Gasteiger partial charge on any atom is 0.335 e. The number of halogens is 1. The monoisotopic (exact) mass is 481 g/mol. The second-order valence-corrected chi connectivity index (χ2v) is 8.66. The van der Waals surface area contributed by atoms with Gasteiger partial charge in [-0.25, -0.2) is 4.79 Å². The van der Waals surface area contributed by atoms with Crippen molar-refractivity contribution in [3.63, 3.8) is 0 Å². The van der Waals surface area contributed by atoms with E-state index >= 15 is 0 Å². The van der Waals surface area contributed by atoms with Gasteiger partial charge in [0.1, 0.15) is 11.5 Å². The molecule has 3 aromatic rings. The Morgan fingerprint density at radius 2 is 1.76 bits per heavy atom. The number of imide groups is 1. The van der Waals surface area contributed by atoms with Crippen molar-refractivity contribution in [3.05, 3.63) is 87.0 Å². The second-order valence-electron chi connectivity index (χ2n) is 7.23. The van der Waals surface area contributed by atoms with E-state index in [9.17, 15) is 24.3 Å². The fraction of sp³-hybridized carbons (Fsp3) is 0.0833. The van der Waals surface area contributed by atoms with Crippen LogP contribution in [-0.4, -0.2) is 39.5 Å². The molecule has 2 aromatic carbocycles. The van der Waals surface area contributed by atoms with Crippen LogP contribution in [0.4, 0.5) is 4.79 Å². The predicted octanol–water partition coefficient (Wildman–Crippen LogP) is 5.53. The minimum Gasteiger partial charge on any atom is -0.478 e. The number of aromatic carboxylic acids is 1. The van der Waals surface area contributed by atoms with Gasteiger partial charge in [-0.3, -0.25) is 19.3 Å². The molecule has 4 rings (SSSR count). The first-order valence-corrected chi connectivity index (χ1v) is 10.9. The van der Waals surface area contributed by atoms with E-state index in [2.05, 4.69) is 0 Å². The molecular weight excluding hydrogens is 466 g/mol. The van der Waals surface area contributed by atoms with Crippen molar-refractivity contribution in [3.8, 4) is 11.3 Å². The number of Topliss-reactive ketones (excluding diaryl/α,β-unsaturated/α-hetero) is 1. The zero-order valence-electron chi connectivity index (χ0n) is 17.2.